The van der Waals surface area contributed by atoms with E-state index in [0.29, 0.717) is 0 Å². The van der Waals surface area contributed by atoms with Gasteiger partial charge >= 0.3 is 0 Å². The molecule has 0 bridgehead atoms. The van der Waals surface area contributed by atoms with Crippen LogP contribution in [-0.4, -0.2) is 18.0 Å². The number of carbonyl (C=O) groups is 1. The van der Waals surface area contributed by atoms with Crippen molar-refractivity contribution in [2.75, 3.05) is 6.61 Å². The predicted molar refractivity (Wildman–Crippen MR) is 59.4 cm³/mol. The lowest BCUT2D eigenvalue weighted by molar-refractivity contribution is -0.107. The second kappa shape index (κ2) is 6.80. The third kappa shape index (κ3) is 3.97. The summed E-state index contributed by atoms with van der Waals surface area (Å²) in [6.07, 6.45) is 2.63. The Hall–Kier alpha value is -1.59. The molecule has 0 atom stereocenters. The van der Waals surface area contributed by atoms with Crippen LogP contribution in [0.5, 0.6) is 0 Å². The second-order valence-corrected chi connectivity index (χ2v) is 3.16. The van der Waals surface area contributed by atoms with Crippen LogP contribution in [-0.2, 0) is 11.2 Å². The van der Waals surface area contributed by atoms with Crippen LogP contribution in [0.4, 0.5) is 0 Å². The van der Waals surface area contributed by atoms with Gasteiger partial charge in [0.15, 0.2) is 0 Å². The first-order chi connectivity index (χ1) is 7.38. The first-order valence-electron chi connectivity index (χ1n) is 4.99. The van der Waals surface area contributed by atoms with Crippen LogP contribution in [0.3, 0.4) is 0 Å². The minimum absolute atomic E-state index is 0.191. The lowest BCUT2D eigenvalue weighted by Crippen LogP contribution is -1.92. The van der Waals surface area contributed by atoms with E-state index in [0.717, 1.165) is 30.3 Å². The summed E-state index contributed by atoms with van der Waals surface area (Å²) in [5.74, 6) is 5.75. The van der Waals surface area contributed by atoms with Crippen molar-refractivity contribution in [3.63, 3.8) is 0 Å². The smallest absolute Gasteiger partial charge is 0.131 e. The number of aliphatic hydroxyl groups is 1. The lowest BCUT2D eigenvalue weighted by Gasteiger charge is -2.02. The molecule has 0 saturated carbocycles. The van der Waals surface area contributed by atoms with E-state index in [1.165, 1.54) is 0 Å². The number of hydrogen-bond acceptors (Lipinski definition) is 2. The molecular weight excluding hydrogens is 188 g/mol. The largest absolute Gasteiger partial charge is 0.396 e. The summed E-state index contributed by atoms with van der Waals surface area (Å²) in [6, 6.07) is 7.82. The SMILES string of the molecule is O=CCC#Cc1ccccc1CCCO. The first-order valence-corrected chi connectivity index (χ1v) is 4.99. The van der Waals surface area contributed by atoms with Gasteiger partial charge in [-0.1, -0.05) is 30.0 Å². The van der Waals surface area contributed by atoms with Crippen LogP contribution in [0.1, 0.15) is 24.0 Å². The minimum atomic E-state index is 0.191. The van der Waals surface area contributed by atoms with Crippen molar-refractivity contribution in [3.8, 4) is 11.8 Å². The molecule has 0 heterocycles. The van der Waals surface area contributed by atoms with Crippen molar-refractivity contribution in [2.24, 2.45) is 0 Å². The summed E-state index contributed by atoms with van der Waals surface area (Å²) in [4.78, 5) is 10.1. The molecule has 78 valence electrons. The van der Waals surface area contributed by atoms with E-state index in [2.05, 4.69) is 11.8 Å². The van der Waals surface area contributed by atoms with Gasteiger partial charge in [0.05, 0.1) is 6.42 Å². The van der Waals surface area contributed by atoms with Crippen molar-refractivity contribution in [1.82, 2.24) is 0 Å². The topological polar surface area (TPSA) is 37.3 Å². The van der Waals surface area contributed by atoms with Gasteiger partial charge < -0.3 is 9.90 Å². The average molecular weight is 202 g/mol. The van der Waals surface area contributed by atoms with E-state index in [-0.39, 0.29) is 13.0 Å². The molecule has 15 heavy (non-hydrogen) atoms. The predicted octanol–water partition coefficient (Wildman–Crippen LogP) is 1.55. The van der Waals surface area contributed by atoms with E-state index in [1.807, 2.05) is 24.3 Å². The Morgan fingerprint density at radius 1 is 1.33 bits per heavy atom. The molecule has 0 unspecified atom stereocenters. The van der Waals surface area contributed by atoms with Gasteiger partial charge in [-0.25, -0.2) is 0 Å². The highest BCUT2D eigenvalue weighted by Gasteiger charge is 1.97. The average Bonchev–Trinajstić information content (AvgIpc) is 2.28. The highest BCUT2D eigenvalue weighted by atomic mass is 16.2. The molecule has 0 amide bonds. The van der Waals surface area contributed by atoms with E-state index in [4.69, 9.17) is 5.11 Å². The summed E-state index contributed by atoms with van der Waals surface area (Å²) < 4.78 is 0. The van der Waals surface area contributed by atoms with Crippen LogP contribution in [0.25, 0.3) is 0 Å². The van der Waals surface area contributed by atoms with Gasteiger partial charge in [-0.2, -0.15) is 0 Å². The maximum absolute atomic E-state index is 10.1. The molecule has 0 saturated heterocycles. The fourth-order valence-electron chi connectivity index (χ4n) is 1.32. The van der Waals surface area contributed by atoms with Crippen molar-refractivity contribution >= 4 is 6.29 Å². The number of aliphatic hydroxyl groups excluding tert-OH is 1. The van der Waals surface area contributed by atoms with Gasteiger partial charge in [0.1, 0.15) is 6.29 Å². The third-order valence-electron chi connectivity index (χ3n) is 2.03. The molecule has 1 N–H and O–H groups in total. The zero-order valence-corrected chi connectivity index (χ0v) is 8.57. The molecule has 0 aliphatic carbocycles. The Bertz CT molecular complexity index is 372. The summed E-state index contributed by atoms with van der Waals surface area (Å²) in [6.45, 7) is 0.191. The molecule has 2 heteroatoms. The first kappa shape index (κ1) is 11.5. The van der Waals surface area contributed by atoms with E-state index in [9.17, 15) is 4.79 Å². The van der Waals surface area contributed by atoms with Gasteiger partial charge in [0.25, 0.3) is 0 Å². The van der Waals surface area contributed by atoms with Crippen LogP contribution in [0, 0.1) is 11.8 Å². The quantitative estimate of drug-likeness (QED) is 0.594. The van der Waals surface area contributed by atoms with Gasteiger partial charge in [0.2, 0.25) is 0 Å². The summed E-state index contributed by atoms with van der Waals surface area (Å²) >= 11 is 0. The number of carbonyl (C=O) groups excluding carboxylic acids is 1. The number of hydrogen-bond donors (Lipinski definition) is 1. The van der Waals surface area contributed by atoms with Crippen molar-refractivity contribution in [3.05, 3.63) is 35.4 Å². The van der Waals surface area contributed by atoms with E-state index >= 15 is 0 Å². The molecule has 1 aromatic rings. The highest BCUT2D eigenvalue weighted by Crippen LogP contribution is 2.09. The van der Waals surface area contributed by atoms with Crippen LogP contribution >= 0.6 is 0 Å². The summed E-state index contributed by atoms with van der Waals surface area (Å²) in [5.41, 5.74) is 2.08. The van der Waals surface area contributed by atoms with E-state index in [1.54, 1.807) is 0 Å². The molecule has 0 aromatic heterocycles. The zero-order valence-electron chi connectivity index (χ0n) is 8.57. The Labute approximate surface area is 89.9 Å². The fraction of sp³-hybridized carbons (Fsp3) is 0.308. The zero-order chi connectivity index (χ0) is 10.9. The molecule has 0 aliphatic heterocycles. The molecule has 0 radical (unpaired) electrons. The number of rotatable bonds is 4. The number of benzene rings is 1. The molecule has 2 nitrogen and oxygen atoms in total. The van der Waals surface area contributed by atoms with Crippen molar-refractivity contribution in [2.45, 2.75) is 19.3 Å². The van der Waals surface area contributed by atoms with Gasteiger partial charge in [-0.15, -0.1) is 0 Å². The maximum atomic E-state index is 10.1. The number of aldehydes is 1. The Kier molecular flexibility index (Phi) is 5.21. The van der Waals surface area contributed by atoms with Crippen LogP contribution in [0.2, 0.25) is 0 Å². The lowest BCUT2D eigenvalue weighted by atomic mass is 10.0. The summed E-state index contributed by atoms with van der Waals surface area (Å²) in [5, 5.41) is 8.75. The number of aryl methyl sites for hydroxylation is 1. The van der Waals surface area contributed by atoms with E-state index < -0.39 is 0 Å². The van der Waals surface area contributed by atoms with Crippen molar-refractivity contribution < 1.29 is 9.90 Å². The molecule has 0 spiro atoms. The Morgan fingerprint density at radius 3 is 2.87 bits per heavy atom. The molecule has 0 aliphatic rings. The standard InChI is InChI=1S/C13H14O2/c14-10-4-3-8-12-6-1-2-7-13(12)9-5-11-15/h1-2,6-7,10,15H,4-5,9,11H2. The molecular formula is C13H14O2. The maximum Gasteiger partial charge on any atom is 0.131 e. The van der Waals surface area contributed by atoms with Crippen molar-refractivity contribution in [1.29, 1.82) is 0 Å². The van der Waals surface area contributed by atoms with Gasteiger partial charge in [-0.3, -0.25) is 0 Å². The van der Waals surface area contributed by atoms with Gasteiger partial charge in [-0.05, 0) is 24.5 Å². The van der Waals surface area contributed by atoms with Gasteiger partial charge in [0, 0.05) is 12.2 Å². The Balaban J connectivity index is 2.77. The molecule has 1 rings (SSSR count). The molecule has 1 aromatic carbocycles. The highest BCUT2D eigenvalue weighted by molar-refractivity contribution is 5.55. The minimum Gasteiger partial charge on any atom is -0.396 e. The monoisotopic (exact) mass is 202 g/mol. The van der Waals surface area contributed by atoms with Crippen LogP contribution < -0.4 is 0 Å². The second-order valence-electron chi connectivity index (χ2n) is 3.16. The summed E-state index contributed by atoms with van der Waals surface area (Å²) in [7, 11) is 0. The molecule has 0 fully saturated rings. The Morgan fingerprint density at radius 2 is 2.13 bits per heavy atom. The van der Waals surface area contributed by atoms with Crippen LogP contribution in [0.15, 0.2) is 24.3 Å². The normalized spacial score (nSPS) is 9.13. The fourth-order valence-corrected chi connectivity index (χ4v) is 1.32. The third-order valence-corrected chi connectivity index (χ3v) is 2.03.